The largest absolute Gasteiger partial charge is 0.492 e. The normalized spacial score (nSPS) is 10.2. The first-order valence-electron chi connectivity index (χ1n) is 5.43. The number of nitrogen functional groups attached to an aromatic ring is 1. The van der Waals surface area contributed by atoms with E-state index in [9.17, 15) is 4.79 Å². The summed E-state index contributed by atoms with van der Waals surface area (Å²) in [5.41, 5.74) is 5.82. The molecule has 19 heavy (non-hydrogen) atoms. The number of aromatic nitrogens is 2. The maximum absolute atomic E-state index is 11.8. The summed E-state index contributed by atoms with van der Waals surface area (Å²) in [7, 11) is 0. The van der Waals surface area contributed by atoms with Gasteiger partial charge < -0.3 is 15.8 Å². The minimum Gasteiger partial charge on any atom is -0.492 e. The highest BCUT2D eigenvalue weighted by Crippen LogP contribution is 2.27. The maximum atomic E-state index is 11.8. The molecule has 0 fully saturated rings. The van der Waals surface area contributed by atoms with Gasteiger partial charge in [0.15, 0.2) is 0 Å². The van der Waals surface area contributed by atoms with Gasteiger partial charge in [-0.3, -0.25) is 4.79 Å². The Bertz CT molecular complexity index is 599. The molecule has 0 atom stereocenters. The quantitative estimate of drug-likeness (QED) is 0.888. The van der Waals surface area contributed by atoms with Crippen molar-refractivity contribution in [1.82, 2.24) is 10.3 Å². The lowest BCUT2D eigenvalue weighted by molar-refractivity contribution is 0.101. The van der Waals surface area contributed by atoms with Crippen LogP contribution in [0.3, 0.4) is 0 Å². The van der Waals surface area contributed by atoms with Gasteiger partial charge in [-0.15, -0.1) is 0 Å². The second kappa shape index (κ2) is 5.57. The van der Waals surface area contributed by atoms with Crippen molar-refractivity contribution in [3.8, 4) is 5.75 Å². The van der Waals surface area contributed by atoms with E-state index in [0.29, 0.717) is 23.1 Å². The molecule has 0 aliphatic rings. The van der Waals surface area contributed by atoms with Gasteiger partial charge in [0.2, 0.25) is 11.5 Å². The Kier molecular flexibility index (Phi) is 3.86. The van der Waals surface area contributed by atoms with Gasteiger partial charge in [-0.25, -0.2) is 4.63 Å². The standard InChI is InChI=1S/C11H11ClN4O3/c1-2-18-8-4-3-6(5-7(8)12)14-11(17)9-10(13)16-19-15-9/h3-5H,2H2,1H3,(H2,13,16)(H,14,17). The Hall–Kier alpha value is -2.28. The van der Waals surface area contributed by atoms with E-state index in [2.05, 4.69) is 20.3 Å². The van der Waals surface area contributed by atoms with Crippen LogP contribution in [0.5, 0.6) is 5.75 Å². The summed E-state index contributed by atoms with van der Waals surface area (Å²) >= 11 is 6.00. The van der Waals surface area contributed by atoms with Crippen molar-refractivity contribution in [1.29, 1.82) is 0 Å². The molecule has 7 nitrogen and oxygen atoms in total. The number of halogens is 1. The summed E-state index contributed by atoms with van der Waals surface area (Å²) < 4.78 is 9.63. The Morgan fingerprint density at radius 1 is 1.53 bits per heavy atom. The third-order valence-electron chi connectivity index (χ3n) is 2.22. The lowest BCUT2D eigenvalue weighted by Crippen LogP contribution is -2.14. The fraction of sp³-hybridized carbons (Fsp3) is 0.182. The molecule has 1 aromatic carbocycles. The number of carbonyl (C=O) groups excluding carboxylic acids is 1. The van der Waals surface area contributed by atoms with Gasteiger partial charge in [-0.2, -0.15) is 0 Å². The number of carbonyl (C=O) groups is 1. The Labute approximate surface area is 113 Å². The zero-order valence-electron chi connectivity index (χ0n) is 10.0. The number of nitrogens with one attached hydrogen (secondary N) is 1. The summed E-state index contributed by atoms with van der Waals surface area (Å²) in [6, 6.07) is 4.87. The van der Waals surface area contributed by atoms with Crippen LogP contribution >= 0.6 is 11.6 Å². The molecular formula is C11H11ClN4O3. The number of hydrogen-bond acceptors (Lipinski definition) is 6. The molecule has 1 amide bonds. The third-order valence-corrected chi connectivity index (χ3v) is 2.51. The minimum absolute atomic E-state index is 0.0745. The van der Waals surface area contributed by atoms with Crippen LogP contribution in [0.2, 0.25) is 5.02 Å². The fourth-order valence-electron chi connectivity index (χ4n) is 1.39. The van der Waals surface area contributed by atoms with Crippen molar-refractivity contribution in [2.75, 3.05) is 17.7 Å². The molecule has 100 valence electrons. The van der Waals surface area contributed by atoms with E-state index in [1.807, 2.05) is 6.92 Å². The number of hydrogen-bond donors (Lipinski definition) is 2. The molecular weight excluding hydrogens is 272 g/mol. The van der Waals surface area contributed by atoms with Crippen LogP contribution in [-0.4, -0.2) is 22.8 Å². The molecule has 0 aliphatic heterocycles. The van der Waals surface area contributed by atoms with Gasteiger partial charge in [0.25, 0.3) is 5.91 Å². The molecule has 0 unspecified atom stereocenters. The van der Waals surface area contributed by atoms with Crippen molar-refractivity contribution in [3.05, 3.63) is 28.9 Å². The van der Waals surface area contributed by atoms with E-state index in [0.717, 1.165) is 0 Å². The third kappa shape index (κ3) is 2.94. The van der Waals surface area contributed by atoms with Crippen molar-refractivity contribution in [3.63, 3.8) is 0 Å². The van der Waals surface area contributed by atoms with Gasteiger partial charge in [0.1, 0.15) is 5.75 Å². The van der Waals surface area contributed by atoms with Gasteiger partial charge in [-0.1, -0.05) is 11.6 Å². The minimum atomic E-state index is -0.529. The topological polar surface area (TPSA) is 103 Å². The predicted molar refractivity (Wildman–Crippen MR) is 69.3 cm³/mol. The summed E-state index contributed by atoms with van der Waals surface area (Å²) in [4.78, 5) is 11.8. The summed E-state index contributed by atoms with van der Waals surface area (Å²) in [5.74, 6) is -0.0571. The van der Waals surface area contributed by atoms with Crippen LogP contribution in [0.4, 0.5) is 11.5 Å². The van der Waals surface area contributed by atoms with Crippen molar-refractivity contribution in [2.24, 2.45) is 0 Å². The van der Waals surface area contributed by atoms with Gasteiger partial charge >= 0.3 is 0 Å². The van der Waals surface area contributed by atoms with Gasteiger partial charge in [-0.05, 0) is 35.4 Å². The molecule has 1 heterocycles. The lowest BCUT2D eigenvalue weighted by Gasteiger charge is -2.08. The fourth-order valence-corrected chi connectivity index (χ4v) is 1.63. The Morgan fingerprint density at radius 3 is 2.89 bits per heavy atom. The monoisotopic (exact) mass is 282 g/mol. The lowest BCUT2D eigenvalue weighted by atomic mass is 10.3. The summed E-state index contributed by atoms with van der Waals surface area (Å²) in [6.07, 6.45) is 0. The number of anilines is 2. The smallest absolute Gasteiger partial charge is 0.281 e. The van der Waals surface area contributed by atoms with E-state index >= 15 is 0 Å². The zero-order valence-corrected chi connectivity index (χ0v) is 10.8. The molecule has 0 saturated heterocycles. The zero-order chi connectivity index (χ0) is 13.8. The number of nitrogens with two attached hydrogens (primary N) is 1. The Balaban J connectivity index is 2.14. The predicted octanol–water partition coefficient (Wildman–Crippen LogP) is 1.96. The van der Waals surface area contributed by atoms with Gasteiger partial charge in [0, 0.05) is 5.69 Å². The van der Waals surface area contributed by atoms with Crippen LogP contribution < -0.4 is 15.8 Å². The second-order valence-electron chi connectivity index (χ2n) is 3.53. The summed E-state index contributed by atoms with van der Waals surface area (Å²) in [6.45, 7) is 2.36. The van der Waals surface area contributed by atoms with E-state index in [1.165, 1.54) is 0 Å². The van der Waals surface area contributed by atoms with Crippen LogP contribution in [0, 0.1) is 0 Å². The van der Waals surface area contributed by atoms with Crippen LogP contribution in [0.25, 0.3) is 0 Å². The van der Waals surface area contributed by atoms with Crippen LogP contribution in [0.1, 0.15) is 17.4 Å². The van der Waals surface area contributed by atoms with Gasteiger partial charge in [0.05, 0.1) is 11.6 Å². The average molecular weight is 283 g/mol. The first-order chi connectivity index (χ1) is 9.11. The van der Waals surface area contributed by atoms with Crippen molar-refractivity contribution < 1.29 is 14.2 Å². The number of ether oxygens (including phenoxy) is 1. The first kappa shape index (κ1) is 13.2. The van der Waals surface area contributed by atoms with E-state index in [4.69, 9.17) is 22.1 Å². The number of benzene rings is 1. The molecule has 0 aliphatic carbocycles. The van der Waals surface area contributed by atoms with Crippen molar-refractivity contribution >= 4 is 29.0 Å². The maximum Gasteiger partial charge on any atom is 0.281 e. The molecule has 1 aromatic heterocycles. The summed E-state index contributed by atoms with van der Waals surface area (Å²) in [5, 5.41) is 9.69. The molecule has 2 aromatic rings. The van der Waals surface area contributed by atoms with E-state index in [1.54, 1.807) is 18.2 Å². The Morgan fingerprint density at radius 2 is 2.32 bits per heavy atom. The SMILES string of the molecule is CCOc1ccc(NC(=O)c2nonc2N)cc1Cl. The number of rotatable bonds is 4. The first-order valence-corrected chi connectivity index (χ1v) is 5.81. The van der Waals surface area contributed by atoms with Crippen molar-refractivity contribution in [2.45, 2.75) is 6.92 Å². The molecule has 8 heteroatoms. The number of nitrogens with zero attached hydrogens (tertiary/aromatic N) is 2. The van der Waals surface area contributed by atoms with E-state index < -0.39 is 5.91 Å². The highest BCUT2D eigenvalue weighted by molar-refractivity contribution is 6.32. The molecule has 0 saturated carbocycles. The second-order valence-corrected chi connectivity index (χ2v) is 3.94. The molecule has 2 rings (SSSR count). The highest BCUT2D eigenvalue weighted by Gasteiger charge is 2.16. The average Bonchev–Trinajstić information content (AvgIpc) is 2.79. The molecule has 3 N–H and O–H groups in total. The number of amides is 1. The molecule has 0 bridgehead atoms. The van der Waals surface area contributed by atoms with Crippen LogP contribution in [-0.2, 0) is 0 Å². The molecule has 0 radical (unpaired) electrons. The van der Waals surface area contributed by atoms with E-state index in [-0.39, 0.29) is 11.5 Å². The molecule has 0 spiro atoms. The van der Waals surface area contributed by atoms with Crippen LogP contribution in [0.15, 0.2) is 22.8 Å². The highest BCUT2D eigenvalue weighted by atomic mass is 35.5.